The summed E-state index contributed by atoms with van der Waals surface area (Å²) in [6.45, 7) is -0.0354. The van der Waals surface area contributed by atoms with E-state index in [9.17, 15) is 15.2 Å². The second kappa shape index (κ2) is 7.85. The Kier molecular flexibility index (Phi) is 5.84. The average molecular weight is 335 g/mol. The first-order valence-electron chi connectivity index (χ1n) is 6.81. The van der Waals surface area contributed by atoms with E-state index in [0.717, 1.165) is 4.90 Å². The van der Waals surface area contributed by atoms with E-state index in [4.69, 9.17) is 9.47 Å². The molecule has 0 aliphatic rings. The molecular weight excluding hydrogens is 318 g/mol. The van der Waals surface area contributed by atoms with E-state index < -0.39 is 4.92 Å². The summed E-state index contributed by atoms with van der Waals surface area (Å²) in [4.78, 5) is 11.4. The normalized spacial score (nSPS) is 10.4. The van der Waals surface area contributed by atoms with Gasteiger partial charge in [0, 0.05) is 28.2 Å². The number of nitro groups is 1. The van der Waals surface area contributed by atoms with Crippen molar-refractivity contribution in [1.29, 1.82) is 0 Å². The van der Waals surface area contributed by atoms with E-state index in [-0.39, 0.29) is 18.9 Å². The van der Waals surface area contributed by atoms with Gasteiger partial charge < -0.3 is 14.6 Å². The number of thioether (sulfide) groups is 1. The first-order valence-corrected chi connectivity index (χ1v) is 8.03. The second-order valence-electron chi connectivity index (χ2n) is 4.67. The molecule has 122 valence electrons. The van der Waals surface area contributed by atoms with Gasteiger partial charge in [0.15, 0.2) is 0 Å². The Morgan fingerprint density at radius 3 is 2.52 bits per heavy atom. The maximum atomic E-state index is 10.9. The Labute approximate surface area is 138 Å². The van der Waals surface area contributed by atoms with Crippen LogP contribution in [0.4, 0.5) is 5.69 Å². The molecule has 1 N–H and O–H groups in total. The van der Waals surface area contributed by atoms with Crippen LogP contribution < -0.4 is 9.47 Å². The van der Waals surface area contributed by atoms with E-state index in [1.807, 2.05) is 18.4 Å². The quantitative estimate of drug-likeness (QED) is 0.474. The lowest BCUT2D eigenvalue weighted by Crippen LogP contribution is -2.02. The van der Waals surface area contributed by atoms with Gasteiger partial charge in [0.05, 0.1) is 18.6 Å². The molecule has 0 amide bonds. The van der Waals surface area contributed by atoms with Gasteiger partial charge in [-0.25, -0.2) is 0 Å². The lowest BCUT2D eigenvalue weighted by Gasteiger charge is -2.13. The molecule has 0 aromatic heterocycles. The maximum Gasteiger partial charge on any atom is 0.270 e. The molecule has 2 aromatic carbocycles. The summed E-state index contributed by atoms with van der Waals surface area (Å²) in [6.07, 6.45) is 1.95. The SMILES string of the molecule is COc1ccc([N+](=O)[O-])cc1COc1ccc(SC)cc1CO. The lowest BCUT2D eigenvalue weighted by atomic mass is 10.2. The number of non-ortho nitro benzene ring substituents is 1. The van der Waals surface area contributed by atoms with E-state index in [1.165, 1.54) is 19.2 Å². The smallest absolute Gasteiger partial charge is 0.270 e. The van der Waals surface area contributed by atoms with Gasteiger partial charge in [-0.3, -0.25) is 10.1 Å². The van der Waals surface area contributed by atoms with E-state index in [2.05, 4.69) is 0 Å². The summed E-state index contributed by atoms with van der Waals surface area (Å²) in [5.74, 6) is 1.06. The van der Waals surface area contributed by atoms with E-state index in [1.54, 1.807) is 23.9 Å². The number of ether oxygens (including phenoxy) is 2. The van der Waals surface area contributed by atoms with Crippen LogP contribution in [0.25, 0.3) is 0 Å². The Hall–Kier alpha value is -2.25. The van der Waals surface area contributed by atoms with Crippen molar-refractivity contribution in [2.45, 2.75) is 18.1 Å². The van der Waals surface area contributed by atoms with Crippen LogP contribution in [0.1, 0.15) is 11.1 Å². The van der Waals surface area contributed by atoms with Gasteiger partial charge in [0.25, 0.3) is 5.69 Å². The van der Waals surface area contributed by atoms with E-state index in [0.29, 0.717) is 22.6 Å². The summed E-state index contributed by atoms with van der Waals surface area (Å²) in [5, 5.41) is 20.3. The van der Waals surface area contributed by atoms with E-state index >= 15 is 0 Å². The van der Waals surface area contributed by atoms with Crippen molar-refractivity contribution in [2.75, 3.05) is 13.4 Å². The molecule has 0 atom stereocenters. The largest absolute Gasteiger partial charge is 0.496 e. The molecular formula is C16H17NO5S. The minimum atomic E-state index is -0.463. The highest BCUT2D eigenvalue weighted by Gasteiger charge is 2.13. The highest BCUT2D eigenvalue weighted by Crippen LogP contribution is 2.28. The highest BCUT2D eigenvalue weighted by atomic mass is 32.2. The van der Waals surface area contributed by atoms with Gasteiger partial charge in [0.1, 0.15) is 18.1 Å². The molecule has 6 nitrogen and oxygen atoms in total. The highest BCUT2D eigenvalue weighted by molar-refractivity contribution is 7.98. The molecule has 23 heavy (non-hydrogen) atoms. The second-order valence-corrected chi connectivity index (χ2v) is 5.55. The number of nitro benzene ring substituents is 1. The molecule has 0 aliphatic carbocycles. The minimum absolute atomic E-state index is 0.0236. The summed E-state index contributed by atoms with van der Waals surface area (Å²) in [6, 6.07) is 9.87. The molecule has 0 saturated carbocycles. The molecule has 0 heterocycles. The average Bonchev–Trinajstić information content (AvgIpc) is 2.59. The van der Waals surface area contributed by atoms with Crippen molar-refractivity contribution in [3.8, 4) is 11.5 Å². The third kappa shape index (κ3) is 4.14. The fraction of sp³-hybridized carbons (Fsp3) is 0.250. The number of hydrogen-bond acceptors (Lipinski definition) is 6. The van der Waals surface area contributed by atoms with Gasteiger partial charge in [-0.05, 0) is 30.5 Å². The zero-order valence-corrected chi connectivity index (χ0v) is 13.6. The Bertz CT molecular complexity index is 705. The van der Waals surface area contributed by atoms with Crippen LogP contribution in [-0.2, 0) is 13.2 Å². The molecule has 2 aromatic rings. The number of methoxy groups -OCH3 is 1. The molecule has 0 unspecified atom stereocenters. The van der Waals surface area contributed by atoms with Crippen LogP contribution in [0.3, 0.4) is 0 Å². The Balaban J connectivity index is 2.23. The summed E-state index contributed by atoms with van der Waals surface area (Å²) < 4.78 is 10.9. The molecule has 7 heteroatoms. The zero-order chi connectivity index (χ0) is 16.8. The number of benzene rings is 2. The Morgan fingerprint density at radius 1 is 1.17 bits per heavy atom. The van der Waals surface area contributed by atoms with Crippen molar-refractivity contribution in [1.82, 2.24) is 0 Å². The zero-order valence-electron chi connectivity index (χ0n) is 12.8. The molecule has 0 bridgehead atoms. The number of aliphatic hydroxyl groups excluding tert-OH is 1. The number of aliphatic hydroxyl groups is 1. The maximum absolute atomic E-state index is 10.9. The van der Waals surface area contributed by atoms with Gasteiger partial charge in [-0.15, -0.1) is 11.8 Å². The predicted octanol–water partition coefficient (Wildman–Crippen LogP) is 3.40. The van der Waals surface area contributed by atoms with Crippen molar-refractivity contribution < 1.29 is 19.5 Å². The fourth-order valence-corrected chi connectivity index (χ4v) is 2.56. The van der Waals surface area contributed by atoms with Crippen molar-refractivity contribution in [3.05, 3.63) is 57.6 Å². The topological polar surface area (TPSA) is 81.8 Å². The minimum Gasteiger partial charge on any atom is -0.496 e. The van der Waals surface area contributed by atoms with Crippen molar-refractivity contribution >= 4 is 17.4 Å². The third-order valence-electron chi connectivity index (χ3n) is 3.30. The Morgan fingerprint density at radius 2 is 1.91 bits per heavy atom. The van der Waals surface area contributed by atoms with Crippen LogP contribution >= 0.6 is 11.8 Å². The predicted molar refractivity (Wildman–Crippen MR) is 88.1 cm³/mol. The van der Waals surface area contributed by atoms with Gasteiger partial charge >= 0.3 is 0 Å². The molecule has 0 radical (unpaired) electrons. The first kappa shape index (κ1) is 17.1. The summed E-state index contributed by atoms with van der Waals surface area (Å²) >= 11 is 1.57. The van der Waals surface area contributed by atoms with Crippen molar-refractivity contribution in [3.63, 3.8) is 0 Å². The number of hydrogen-bond donors (Lipinski definition) is 1. The molecule has 2 rings (SSSR count). The number of rotatable bonds is 7. The van der Waals surface area contributed by atoms with Crippen LogP contribution in [0.5, 0.6) is 11.5 Å². The monoisotopic (exact) mass is 335 g/mol. The first-order chi connectivity index (χ1) is 11.1. The molecule has 0 aliphatic heterocycles. The molecule has 0 spiro atoms. The number of nitrogens with zero attached hydrogens (tertiary/aromatic N) is 1. The summed E-state index contributed by atoms with van der Waals surface area (Å²) in [5.41, 5.74) is 1.21. The van der Waals surface area contributed by atoms with Gasteiger partial charge in [0.2, 0.25) is 0 Å². The standard InChI is InChI=1S/C16H17NO5S/c1-21-15-5-3-13(17(19)20)7-12(15)10-22-16-6-4-14(23-2)8-11(16)9-18/h3-8,18H,9-10H2,1-2H3. The third-order valence-corrected chi connectivity index (χ3v) is 4.02. The fourth-order valence-electron chi connectivity index (χ4n) is 2.09. The van der Waals surface area contributed by atoms with Crippen LogP contribution in [0.15, 0.2) is 41.3 Å². The lowest BCUT2D eigenvalue weighted by molar-refractivity contribution is -0.385. The molecule has 0 fully saturated rings. The van der Waals surface area contributed by atoms with Crippen LogP contribution in [-0.4, -0.2) is 23.4 Å². The van der Waals surface area contributed by atoms with Crippen LogP contribution in [0, 0.1) is 10.1 Å². The van der Waals surface area contributed by atoms with Crippen molar-refractivity contribution in [2.24, 2.45) is 0 Å². The van der Waals surface area contributed by atoms with Gasteiger partial charge in [-0.1, -0.05) is 0 Å². The van der Waals surface area contributed by atoms with Gasteiger partial charge in [-0.2, -0.15) is 0 Å². The molecule has 0 saturated heterocycles. The van der Waals surface area contributed by atoms with Crippen LogP contribution in [0.2, 0.25) is 0 Å². The summed E-state index contributed by atoms with van der Waals surface area (Å²) in [7, 11) is 1.50.